The van der Waals surface area contributed by atoms with E-state index in [0.29, 0.717) is 0 Å². The van der Waals surface area contributed by atoms with Crippen LogP contribution >= 0.6 is 0 Å². The third kappa shape index (κ3) is 3.02. The third-order valence-electron chi connectivity index (χ3n) is 2.31. The molecule has 0 saturated carbocycles. The lowest BCUT2D eigenvalue weighted by Gasteiger charge is -2.02. The minimum absolute atomic E-state index is 0.0728. The summed E-state index contributed by atoms with van der Waals surface area (Å²) in [5.41, 5.74) is 2.81. The molecule has 1 aromatic rings. The Morgan fingerprint density at radius 2 is 1.75 bits per heavy atom. The SMILES string of the molecule is C/C=C(\C=C/C=N)c1ccc(C(C)=O)cc1. The predicted molar refractivity (Wildman–Crippen MR) is 68.0 cm³/mol. The number of Topliss-reactive ketones (excluding diaryl/α,β-unsaturated/α-hetero) is 1. The lowest BCUT2D eigenvalue weighted by atomic mass is 10.0. The third-order valence-corrected chi connectivity index (χ3v) is 2.31. The van der Waals surface area contributed by atoms with E-state index in [-0.39, 0.29) is 5.78 Å². The van der Waals surface area contributed by atoms with Crippen molar-refractivity contribution in [1.29, 1.82) is 5.41 Å². The molecule has 0 aromatic heterocycles. The van der Waals surface area contributed by atoms with Crippen molar-refractivity contribution < 1.29 is 4.79 Å². The highest BCUT2D eigenvalue weighted by Crippen LogP contribution is 2.16. The maximum absolute atomic E-state index is 11.1. The number of rotatable bonds is 4. The van der Waals surface area contributed by atoms with Crippen molar-refractivity contribution in [2.45, 2.75) is 13.8 Å². The summed E-state index contributed by atoms with van der Waals surface area (Å²) in [6.07, 6.45) is 6.76. The molecule has 0 aliphatic carbocycles. The van der Waals surface area contributed by atoms with E-state index in [1.807, 2.05) is 43.3 Å². The average molecular weight is 213 g/mol. The first kappa shape index (κ1) is 12.1. The molecule has 0 aliphatic rings. The summed E-state index contributed by atoms with van der Waals surface area (Å²) < 4.78 is 0. The molecule has 0 fully saturated rings. The molecule has 0 amide bonds. The summed E-state index contributed by atoms with van der Waals surface area (Å²) in [5.74, 6) is 0.0728. The maximum Gasteiger partial charge on any atom is 0.159 e. The molecule has 0 heterocycles. The zero-order valence-corrected chi connectivity index (χ0v) is 9.53. The van der Waals surface area contributed by atoms with Gasteiger partial charge in [0.05, 0.1) is 0 Å². The van der Waals surface area contributed by atoms with Gasteiger partial charge in [-0.1, -0.05) is 36.4 Å². The number of allylic oxidation sites excluding steroid dienone is 4. The Bertz CT molecular complexity index is 438. The van der Waals surface area contributed by atoms with Crippen LogP contribution in [-0.4, -0.2) is 12.0 Å². The van der Waals surface area contributed by atoms with Crippen LogP contribution < -0.4 is 0 Å². The van der Waals surface area contributed by atoms with Gasteiger partial charge in [0.25, 0.3) is 0 Å². The summed E-state index contributed by atoms with van der Waals surface area (Å²) in [6, 6.07) is 7.47. The highest BCUT2D eigenvalue weighted by molar-refractivity contribution is 5.94. The van der Waals surface area contributed by atoms with E-state index >= 15 is 0 Å². The Morgan fingerprint density at radius 1 is 1.19 bits per heavy atom. The van der Waals surface area contributed by atoms with E-state index in [9.17, 15) is 4.79 Å². The minimum Gasteiger partial charge on any atom is -0.309 e. The van der Waals surface area contributed by atoms with Gasteiger partial charge in [-0.3, -0.25) is 4.79 Å². The second-order valence-electron chi connectivity index (χ2n) is 3.40. The molecule has 1 N–H and O–H groups in total. The Labute approximate surface area is 95.8 Å². The second-order valence-corrected chi connectivity index (χ2v) is 3.40. The van der Waals surface area contributed by atoms with Crippen LogP contribution in [0.5, 0.6) is 0 Å². The second kappa shape index (κ2) is 5.81. The number of benzene rings is 1. The van der Waals surface area contributed by atoms with Crippen molar-refractivity contribution in [3.8, 4) is 0 Å². The standard InChI is InChI=1S/C14H15NO/c1-3-12(5-4-10-15)14-8-6-13(7-9-14)11(2)16/h3-10,15H,1-2H3/b5-4-,12-3+,15-10?. The van der Waals surface area contributed by atoms with Crippen molar-refractivity contribution in [3.63, 3.8) is 0 Å². The van der Waals surface area contributed by atoms with Gasteiger partial charge in [-0.05, 0) is 31.1 Å². The molecule has 2 nitrogen and oxygen atoms in total. The van der Waals surface area contributed by atoms with E-state index in [0.717, 1.165) is 16.7 Å². The zero-order chi connectivity index (χ0) is 12.0. The Kier molecular flexibility index (Phi) is 4.40. The Balaban J connectivity index is 3.00. The summed E-state index contributed by atoms with van der Waals surface area (Å²) in [4.78, 5) is 11.1. The molecule has 1 rings (SSSR count). The molecule has 0 radical (unpaired) electrons. The summed E-state index contributed by atoms with van der Waals surface area (Å²) in [6.45, 7) is 3.50. The normalized spacial score (nSPS) is 11.8. The van der Waals surface area contributed by atoms with Crippen molar-refractivity contribution in [2.24, 2.45) is 0 Å². The van der Waals surface area contributed by atoms with Gasteiger partial charge < -0.3 is 5.41 Å². The van der Waals surface area contributed by atoms with Gasteiger partial charge in [0.15, 0.2) is 5.78 Å². The molecular weight excluding hydrogens is 198 g/mol. The van der Waals surface area contributed by atoms with Crippen molar-refractivity contribution in [1.82, 2.24) is 0 Å². The van der Waals surface area contributed by atoms with Gasteiger partial charge >= 0.3 is 0 Å². The topological polar surface area (TPSA) is 40.9 Å². The fraction of sp³-hybridized carbons (Fsp3) is 0.143. The van der Waals surface area contributed by atoms with E-state index < -0.39 is 0 Å². The van der Waals surface area contributed by atoms with Crippen LogP contribution in [0, 0.1) is 5.41 Å². The Morgan fingerprint density at radius 3 is 2.19 bits per heavy atom. The van der Waals surface area contributed by atoms with Crippen LogP contribution in [-0.2, 0) is 0 Å². The monoisotopic (exact) mass is 213 g/mol. The maximum atomic E-state index is 11.1. The van der Waals surface area contributed by atoms with Crippen molar-refractivity contribution in [3.05, 3.63) is 53.6 Å². The first-order valence-corrected chi connectivity index (χ1v) is 5.14. The predicted octanol–water partition coefficient (Wildman–Crippen LogP) is 3.50. The van der Waals surface area contributed by atoms with Gasteiger partial charge in [0, 0.05) is 11.8 Å². The molecule has 82 valence electrons. The number of carbonyl (C=O) groups is 1. The van der Waals surface area contributed by atoms with Crippen LogP contribution in [0.3, 0.4) is 0 Å². The molecule has 0 spiro atoms. The number of hydrogen-bond donors (Lipinski definition) is 1. The smallest absolute Gasteiger partial charge is 0.159 e. The van der Waals surface area contributed by atoms with Gasteiger partial charge in [-0.15, -0.1) is 0 Å². The van der Waals surface area contributed by atoms with Crippen LogP contribution in [0.4, 0.5) is 0 Å². The molecule has 0 saturated heterocycles. The highest BCUT2D eigenvalue weighted by atomic mass is 16.1. The van der Waals surface area contributed by atoms with Crippen LogP contribution in [0.1, 0.15) is 29.8 Å². The zero-order valence-electron chi connectivity index (χ0n) is 9.53. The van der Waals surface area contributed by atoms with Gasteiger partial charge in [-0.25, -0.2) is 0 Å². The van der Waals surface area contributed by atoms with Crippen molar-refractivity contribution >= 4 is 17.6 Å². The molecule has 0 atom stereocenters. The molecule has 0 unspecified atom stereocenters. The van der Waals surface area contributed by atoms with Crippen molar-refractivity contribution in [2.75, 3.05) is 0 Å². The van der Waals surface area contributed by atoms with E-state index in [4.69, 9.17) is 5.41 Å². The van der Waals surface area contributed by atoms with Gasteiger partial charge in [0.2, 0.25) is 0 Å². The molecular formula is C14H15NO. The molecule has 0 bridgehead atoms. The number of nitrogens with one attached hydrogen (secondary N) is 1. The minimum atomic E-state index is 0.0728. The summed E-state index contributed by atoms with van der Waals surface area (Å²) in [7, 11) is 0. The Hall–Kier alpha value is -1.96. The first-order chi connectivity index (χ1) is 7.69. The lowest BCUT2D eigenvalue weighted by molar-refractivity contribution is 0.101. The molecule has 16 heavy (non-hydrogen) atoms. The van der Waals surface area contributed by atoms with E-state index in [1.165, 1.54) is 6.21 Å². The average Bonchev–Trinajstić information content (AvgIpc) is 2.30. The summed E-state index contributed by atoms with van der Waals surface area (Å²) in [5, 5.41) is 6.94. The molecule has 2 heteroatoms. The lowest BCUT2D eigenvalue weighted by Crippen LogP contribution is -1.91. The molecule has 1 aromatic carbocycles. The van der Waals surface area contributed by atoms with Crippen LogP contribution in [0.15, 0.2) is 42.5 Å². The van der Waals surface area contributed by atoms with Gasteiger partial charge in [-0.2, -0.15) is 0 Å². The number of hydrogen-bond acceptors (Lipinski definition) is 2. The first-order valence-electron chi connectivity index (χ1n) is 5.14. The van der Waals surface area contributed by atoms with Crippen LogP contribution in [0.25, 0.3) is 5.57 Å². The number of carbonyl (C=O) groups excluding carboxylic acids is 1. The van der Waals surface area contributed by atoms with E-state index in [1.54, 1.807) is 13.0 Å². The summed E-state index contributed by atoms with van der Waals surface area (Å²) >= 11 is 0. The largest absolute Gasteiger partial charge is 0.309 e. The molecule has 0 aliphatic heterocycles. The van der Waals surface area contributed by atoms with E-state index in [2.05, 4.69) is 0 Å². The van der Waals surface area contributed by atoms with Crippen LogP contribution in [0.2, 0.25) is 0 Å². The van der Waals surface area contributed by atoms with Gasteiger partial charge in [0.1, 0.15) is 0 Å². The number of ketones is 1. The highest BCUT2D eigenvalue weighted by Gasteiger charge is 2.00. The quantitative estimate of drug-likeness (QED) is 0.464. The fourth-order valence-electron chi connectivity index (χ4n) is 1.41. The fourth-order valence-corrected chi connectivity index (χ4v) is 1.41.